The van der Waals surface area contributed by atoms with E-state index in [2.05, 4.69) is 9.97 Å². The van der Waals surface area contributed by atoms with Crippen molar-refractivity contribution in [1.29, 1.82) is 0 Å². The molecule has 27 heavy (non-hydrogen) atoms. The van der Waals surface area contributed by atoms with Crippen LogP contribution in [0.15, 0.2) is 36.4 Å². The lowest BCUT2D eigenvalue weighted by Crippen LogP contribution is -2.64. The van der Waals surface area contributed by atoms with E-state index in [0.29, 0.717) is 21.9 Å². The molecule has 2 heterocycles. The Bertz CT molecular complexity index is 868. The molecule has 3 amide bonds. The van der Waals surface area contributed by atoms with E-state index in [1.165, 1.54) is 0 Å². The molecule has 3 rings (SSSR count). The summed E-state index contributed by atoms with van der Waals surface area (Å²) in [6.45, 7) is 2.87. The molecule has 1 aromatic carbocycles. The van der Waals surface area contributed by atoms with Crippen LogP contribution in [0, 0.1) is 13.8 Å². The van der Waals surface area contributed by atoms with Gasteiger partial charge in [-0.2, -0.15) is 13.2 Å². The third kappa shape index (κ3) is 3.42. The van der Waals surface area contributed by atoms with Crippen LogP contribution in [-0.2, 0) is 11.3 Å². The Morgan fingerprint density at radius 2 is 1.70 bits per heavy atom. The zero-order chi connectivity index (χ0) is 19.8. The summed E-state index contributed by atoms with van der Waals surface area (Å²) in [5.74, 6) is -1.87. The van der Waals surface area contributed by atoms with Crippen LogP contribution in [0.4, 0.5) is 23.9 Å². The number of aryl methyl sites for hydroxylation is 2. The second kappa shape index (κ2) is 6.53. The molecule has 1 unspecified atom stereocenters. The lowest BCUT2D eigenvalue weighted by atomic mass is 10.1. The second-order valence-electron chi connectivity index (χ2n) is 6.15. The molecule has 0 aliphatic carbocycles. The first-order valence-electron chi connectivity index (χ1n) is 7.97. The molecule has 1 atom stereocenters. The number of hydrogen-bond acceptors (Lipinski definition) is 5. The Morgan fingerprint density at radius 3 is 2.26 bits per heavy atom. The minimum atomic E-state index is -5.12. The highest BCUT2D eigenvalue weighted by Gasteiger charge is 2.68. The second-order valence-corrected chi connectivity index (χ2v) is 6.15. The number of urea groups is 1. The van der Waals surface area contributed by atoms with Gasteiger partial charge in [0, 0.05) is 11.4 Å². The maximum atomic E-state index is 13.9. The first-order valence-corrected chi connectivity index (χ1v) is 7.97. The number of carbonyl (C=O) groups excluding carboxylic acids is 2. The molecule has 1 aliphatic heterocycles. The lowest BCUT2D eigenvalue weighted by molar-refractivity contribution is -0.188. The minimum Gasteiger partial charge on any atom is -0.316 e. The lowest BCUT2D eigenvalue weighted by Gasteiger charge is -2.30. The zero-order valence-electron chi connectivity index (χ0n) is 14.5. The minimum absolute atomic E-state index is 0.293. The SMILES string of the molecule is Cc1cc(C)nc(NC2(C(F)(F)F)NC(=O)N(Cc3ccccc3)C2=O)n1. The Morgan fingerprint density at radius 1 is 1.11 bits per heavy atom. The van der Waals surface area contributed by atoms with Gasteiger partial charge in [-0.3, -0.25) is 15.0 Å². The van der Waals surface area contributed by atoms with Gasteiger partial charge in [-0.05, 0) is 25.5 Å². The highest BCUT2D eigenvalue weighted by atomic mass is 19.4. The van der Waals surface area contributed by atoms with Gasteiger partial charge < -0.3 is 5.32 Å². The van der Waals surface area contributed by atoms with Gasteiger partial charge in [0.25, 0.3) is 11.6 Å². The molecule has 1 fully saturated rings. The summed E-state index contributed by atoms with van der Waals surface area (Å²) >= 11 is 0. The predicted molar refractivity (Wildman–Crippen MR) is 89.4 cm³/mol. The van der Waals surface area contributed by atoms with Gasteiger partial charge in [0.2, 0.25) is 5.95 Å². The van der Waals surface area contributed by atoms with E-state index in [4.69, 9.17) is 0 Å². The number of alkyl halides is 3. The predicted octanol–water partition coefficient (Wildman–Crippen LogP) is 2.52. The molecule has 0 radical (unpaired) electrons. The molecule has 1 saturated heterocycles. The fourth-order valence-corrected chi connectivity index (χ4v) is 2.78. The van der Waals surface area contributed by atoms with Gasteiger partial charge in [-0.1, -0.05) is 30.3 Å². The highest BCUT2D eigenvalue weighted by molar-refractivity contribution is 6.08. The van der Waals surface area contributed by atoms with Crippen LogP contribution in [0.5, 0.6) is 0 Å². The van der Waals surface area contributed by atoms with Crippen LogP contribution in [0.25, 0.3) is 0 Å². The molecule has 1 aromatic heterocycles. The average molecular weight is 379 g/mol. The van der Waals surface area contributed by atoms with Crippen molar-refractivity contribution in [2.24, 2.45) is 0 Å². The normalized spacial score (nSPS) is 20.0. The number of nitrogens with zero attached hydrogens (tertiary/aromatic N) is 3. The summed E-state index contributed by atoms with van der Waals surface area (Å²) < 4.78 is 41.6. The number of amides is 3. The number of carbonyl (C=O) groups is 2. The fourth-order valence-electron chi connectivity index (χ4n) is 2.78. The summed E-state index contributed by atoms with van der Waals surface area (Å²) in [7, 11) is 0. The van der Waals surface area contributed by atoms with Gasteiger partial charge in [-0.25, -0.2) is 14.8 Å². The Labute approximate surface area is 152 Å². The molecule has 2 N–H and O–H groups in total. The summed E-state index contributed by atoms with van der Waals surface area (Å²) in [6.07, 6.45) is -5.12. The molecule has 0 spiro atoms. The average Bonchev–Trinajstić information content (AvgIpc) is 2.80. The van der Waals surface area contributed by atoms with E-state index < -0.39 is 29.7 Å². The number of halogens is 3. The van der Waals surface area contributed by atoms with Gasteiger partial charge >= 0.3 is 12.2 Å². The topological polar surface area (TPSA) is 87.2 Å². The van der Waals surface area contributed by atoms with Crippen LogP contribution >= 0.6 is 0 Å². The Hall–Kier alpha value is -3.17. The molecule has 0 bridgehead atoms. The van der Waals surface area contributed by atoms with Crippen molar-refractivity contribution in [3.8, 4) is 0 Å². The Kier molecular flexibility index (Phi) is 4.50. The van der Waals surface area contributed by atoms with Crippen molar-refractivity contribution in [2.75, 3.05) is 5.32 Å². The van der Waals surface area contributed by atoms with Crippen LogP contribution in [0.2, 0.25) is 0 Å². The summed E-state index contributed by atoms with van der Waals surface area (Å²) in [4.78, 5) is 33.1. The van der Waals surface area contributed by atoms with Crippen molar-refractivity contribution in [3.63, 3.8) is 0 Å². The third-order valence-electron chi connectivity index (χ3n) is 4.00. The van der Waals surface area contributed by atoms with E-state index in [9.17, 15) is 22.8 Å². The summed E-state index contributed by atoms with van der Waals surface area (Å²) in [5, 5.41) is 3.74. The van der Waals surface area contributed by atoms with E-state index in [1.54, 1.807) is 55.6 Å². The molecule has 7 nitrogen and oxygen atoms in total. The molecule has 1 aliphatic rings. The van der Waals surface area contributed by atoms with Gasteiger partial charge in [0.05, 0.1) is 6.54 Å². The van der Waals surface area contributed by atoms with E-state index in [1.807, 2.05) is 5.32 Å². The summed E-state index contributed by atoms with van der Waals surface area (Å²) in [5.41, 5.74) is -1.99. The number of nitrogens with one attached hydrogen (secondary N) is 2. The van der Waals surface area contributed by atoms with Gasteiger partial charge in [0.15, 0.2) is 0 Å². The van der Waals surface area contributed by atoms with Crippen LogP contribution in [0.1, 0.15) is 17.0 Å². The third-order valence-corrected chi connectivity index (χ3v) is 4.00. The first-order chi connectivity index (χ1) is 12.6. The molecular weight excluding hydrogens is 363 g/mol. The van der Waals surface area contributed by atoms with Crippen molar-refractivity contribution in [3.05, 3.63) is 53.3 Å². The van der Waals surface area contributed by atoms with Crippen LogP contribution in [-0.4, -0.2) is 38.6 Å². The number of hydrogen-bond donors (Lipinski definition) is 2. The van der Waals surface area contributed by atoms with Gasteiger partial charge in [0.1, 0.15) is 0 Å². The number of rotatable bonds is 4. The van der Waals surface area contributed by atoms with E-state index >= 15 is 0 Å². The zero-order valence-corrected chi connectivity index (χ0v) is 14.5. The molecule has 2 aromatic rings. The quantitative estimate of drug-likeness (QED) is 0.797. The molecule has 0 saturated carbocycles. The van der Waals surface area contributed by atoms with Crippen molar-refractivity contribution < 1.29 is 22.8 Å². The highest BCUT2D eigenvalue weighted by Crippen LogP contribution is 2.36. The monoisotopic (exact) mass is 379 g/mol. The van der Waals surface area contributed by atoms with Crippen LogP contribution in [0.3, 0.4) is 0 Å². The first kappa shape index (κ1) is 18.6. The maximum Gasteiger partial charge on any atom is 0.440 e. The molecular formula is C17H16F3N5O2. The number of benzene rings is 1. The van der Waals surface area contributed by atoms with E-state index in [0.717, 1.165) is 0 Å². The smallest absolute Gasteiger partial charge is 0.316 e. The van der Waals surface area contributed by atoms with Crippen molar-refractivity contribution in [2.45, 2.75) is 32.2 Å². The molecule has 10 heteroatoms. The largest absolute Gasteiger partial charge is 0.440 e. The number of imide groups is 1. The number of aromatic nitrogens is 2. The standard InChI is InChI=1S/C17H16F3N5O2/c1-10-8-11(2)22-14(21-10)23-16(17(18,19)20)13(26)25(15(27)24-16)9-12-6-4-3-5-7-12/h3-8H,9H2,1-2H3,(H,24,27)(H,21,22,23). The maximum absolute atomic E-state index is 13.9. The molecule has 142 valence electrons. The Balaban J connectivity index is 1.97. The van der Waals surface area contributed by atoms with Crippen LogP contribution < -0.4 is 10.6 Å². The van der Waals surface area contributed by atoms with Crippen molar-refractivity contribution in [1.82, 2.24) is 20.2 Å². The van der Waals surface area contributed by atoms with E-state index in [-0.39, 0.29) is 6.54 Å². The van der Waals surface area contributed by atoms with Gasteiger partial charge in [-0.15, -0.1) is 0 Å². The fraction of sp³-hybridized carbons (Fsp3) is 0.294. The number of anilines is 1. The summed E-state index contributed by atoms with van der Waals surface area (Å²) in [6, 6.07) is 8.66. The van der Waals surface area contributed by atoms with Crippen molar-refractivity contribution >= 4 is 17.9 Å².